The summed E-state index contributed by atoms with van der Waals surface area (Å²) in [6.07, 6.45) is -2.95. The van der Waals surface area contributed by atoms with E-state index in [9.17, 15) is 13.2 Å². The summed E-state index contributed by atoms with van der Waals surface area (Å²) in [6.45, 7) is 2.46. The lowest BCUT2D eigenvalue weighted by Crippen LogP contribution is -2.45. The molecule has 1 saturated carbocycles. The number of alkyl halides is 3. The van der Waals surface area contributed by atoms with Gasteiger partial charge in [0.15, 0.2) is 0 Å². The summed E-state index contributed by atoms with van der Waals surface area (Å²) in [7, 11) is 0. The standard InChI is InChI=1S/C14H18F3N/c1-11(12-5-3-2-4-6-12)7-10-18-13(8-9-13)14(15,16)17/h2-6,11,18H,7-10H2,1H3. The minimum Gasteiger partial charge on any atom is -0.304 e. The lowest BCUT2D eigenvalue weighted by molar-refractivity contribution is -0.165. The van der Waals surface area contributed by atoms with Crippen molar-refractivity contribution in [1.82, 2.24) is 5.32 Å². The van der Waals surface area contributed by atoms with E-state index in [0.29, 0.717) is 6.54 Å². The predicted octanol–water partition coefficient (Wildman–Crippen LogP) is 3.86. The molecule has 1 aromatic carbocycles. The first-order valence-corrected chi connectivity index (χ1v) is 6.31. The van der Waals surface area contributed by atoms with Gasteiger partial charge in [0.05, 0.1) is 0 Å². The van der Waals surface area contributed by atoms with Crippen molar-refractivity contribution in [3.8, 4) is 0 Å². The van der Waals surface area contributed by atoms with E-state index in [0.717, 1.165) is 6.42 Å². The first kappa shape index (κ1) is 13.4. The summed E-state index contributed by atoms with van der Waals surface area (Å²) < 4.78 is 38.0. The number of benzene rings is 1. The minimum atomic E-state index is -4.11. The molecule has 2 rings (SSSR count). The van der Waals surface area contributed by atoms with E-state index >= 15 is 0 Å². The van der Waals surface area contributed by atoms with Crippen LogP contribution in [0.25, 0.3) is 0 Å². The summed E-state index contributed by atoms with van der Waals surface area (Å²) in [4.78, 5) is 0. The van der Waals surface area contributed by atoms with E-state index in [1.165, 1.54) is 5.56 Å². The summed E-state index contributed by atoms with van der Waals surface area (Å²) >= 11 is 0. The molecule has 1 nitrogen and oxygen atoms in total. The second-order valence-electron chi connectivity index (χ2n) is 5.11. The van der Waals surface area contributed by atoms with Crippen LogP contribution < -0.4 is 5.32 Å². The van der Waals surface area contributed by atoms with Crippen LogP contribution >= 0.6 is 0 Å². The first-order valence-electron chi connectivity index (χ1n) is 6.31. The molecule has 0 heterocycles. The van der Waals surface area contributed by atoms with Crippen molar-refractivity contribution >= 4 is 0 Å². The van der Waals surface area contributed by atoms with Gasteiger partial charge >= 0.3 is 6.18 Å². The van der Waals surface area contributed by atoms with Crippen LogP contribution in [0, 0.1) is 0 Å². The third kappa shape index (κ3) is 2.86. The zero-order chi connectivity index (χ0) is 13.2. The lowest BCUT2D eigenvalue weighted by atomic mass is 9.98. The molecule has 1 atom stereocenters. The monoisotopic (exact) mass is 257 g/mol. The molecule has 1 aliphatic carbocycles. The molecular weight excluding hydrogens is 239 g/mol. The summed E-state index contributed by atoms with van der Waals surface area (Å²) in [5.74, 6) is 0.280. The topological polar surface area (TPSA) is 12.0 Å². The van der Waals surface area contributed by atoms with Crippen molar-refractivity contribution in [2.75, 3.05) is 6.54 Å². The Hall–Kier alpha value is -1.03. The van der Waals surface area contributed by atoms with Crippen LogP contribution in [0.1, 0.15) is 37.7 Å². The second-order valence-corrected chi connectivity index (χ2v) is 5.11. The third-order valence-electron chi connectivity index (χ3n) is 3.70. The van der Waals surface area contributed by atoms with E-state index < -0.39 is 11.7 Å². The molecule has 0 radical (unpaired) electrons. The van der Waals surface area contributed by atoms with Gasteiger partial charge in [-0.1, -0.05) is 37.3 Å². The maximum Gasteiger partial charge on any atom is 0.406 e. The largest absolute Gasteiger partial charge is 0.406 e. The van der Waals surface area contributed by atoms with E-state index in [4.69, 9.17) is 0 Å². The fourth-order valence-electron chi connectivity index (χ4n) is 2.16. The fraction of sp³-hybridized carbons (Fsp3) is 0.571. The Kier molecular flexibility index (Phi) is 3.66. The molecule has 1 unspecified atom stereocenters. The van der Waals surface area contributed by atoms with E-state index in [1.54, 1.807) is 0 Å². The Bertz CT molecular complexity index is 382. The van der Waals surface area contributed by atoms with Crippen molar-refractivity contribution in [3.05, 3.63) is 35.9 Å². The van der Waals surface area contributed by atoms with Crippen molar-refractivity contribution in [2.45, 2.75) is 43.8 Å². The molecule has 4 heteroatoms. The van der Waals surface area contributed by atoms with Gasteiger partial charge in [-0.15, -0.1) is 0 Å². The smallest absolute Gasteiger partial charge is 0.304 e. The van der Waals surface area contributed by atoms with Crippen LogP contribution in [0.2, 0.25) is 0 Å². The highest BCUT2D eigenvalue weighted by atomic mass is 19.4. The van der Waals surface area contributed by atoms with E-state index in [2.05, 4.69) is 5.32 Å². The van der Waals surface area contributed by atoms with Crippen LogP contribution in [-0.2, 0) is 0 Å². The normalized spacial score (nSPS) is 19.6. The molecule has 0 aliphatic heterocycles. The van der Waals surface area contributed by atoms with E-state index in [-0.39, 0.29) is 18.8 Å². The molecule has 0 bridgehead atoms. The van der Waals surface area contributed by atoms with Gasteiger partial charge in [0.25, 0.3) is 0 Å². The summed E-state index contributed by atoms with van der Waals surface area (Å²) in [5, 5.41) is 2.69. The molecule has 0 aromatic heterocycles. The number of rotatable bonds is 5. The number of nitrogens with one attached hydrogen (secondary N) is 1. The average molecular weight is 257 g/mol. The van der Waals surface area contributed by atoms with Crippen molar-refractivity contribution in [3.63, 3.8) is 0 Å². The van der Waals surface area contributed by atoms with Crippen molar-refractivity contribution in [1.29, 1.82) is 0 Å². The Morgan fingerprint density at radius 2 is 1.83 bits per heavy atom. The van der Waals surface area contributed by atoms with Crippen molar-refractivity contribution < 1.29 is 13.2 Å². The molecule has 0 saturated heterocycles. The summed E-state index contributed by atoms with van der Waals surface area (Å²) in [5.41, 5.74) is -0.403. The highest BCUT2D eigenvalue weighted by Gasteiger charge is 2.62. The molecule has 1 aliphatic rings. The Morgan fingerprint density at radius 3 is 2.33 bits per heavy atom. The SMILES string of the molecule is CC(CCNC1(C(F)(F)F)CC1)c1ccccc1. The van der Waals surface area contributed by atoms with Gasteiger partial charge < -0.3 is 5.32 Å². The quantitative estimate of drug-likeness (QED) is 0.844. The lowest BCUT2D eigenvalue weighted by Gasteiger charge is -2.22. The minimum absolute atomic E-state index is 0.218. The molecule has 18 heavy (non-hydrogen) atoms. The maximum absolute atomic E-state index is 12.7. The highest BCUT2D eigenvalue weighted by Crippen LogP contribution is 2.48. The number of halogens is 3. The van der Waals surface area contributed by atoms with Crippen LogP contribution in [0.4, 0.5) is 13.2 Å². The third-order valence-corrected chi connectivity index (χ3v) is 3.70. The molecule has 1 N–H and O–H groups in total. The van der Waals surface area contributed by atoms with Crippen LogP contribution in [-0.4, -0.2) is 18.3 Å². The first-order chi connectivity index (χ1) is 8.45. The Morgan fingerprint density at radius 1 is 1.22 bits per heavy atom. The average Bonchev–Trinajstić information content (AvgIpc) is 3.10. The molecular formula is C14H18F3N. The zero-order valence-electron chi connectivity index (χ0n) is 10.4. The molecule has 1 aromatic rings. The highest BCUT2D eigenvalue weighted by molar-refractivity contribution is 5.18. The summed E-state index contributed by atoms with van der Waals surface area (Å²) in [6, 6.07) is 9.88. The predicted molar refractivity (Wildman–Crippen MR) is 65.5 cm³/mol. The van der Waals surface area contributed by atoms with Crippen LogP contribution in [0.15, 0.2) is 30.3 Å². The van der Waals surface area contributed by atoms with Crippen LogP contribution in [0.3, 0.4) is 0 Å². The Balaban J connectivity index is 1.80. The number of hydrogen-bond acceptors (Lipinski definition) is 1. The van der Waals surface area contributed by atoms with Gasteiger partial charge in [-0.05, 0) is 37.3 Å². The maximum atomic E-state index is 12.7. The van der Waals surface area contributed by atoms with Gasteiger partial charge in [-0.2, -0.15) is 13.2 Å². The van der Waals surface area contributed by atoms with Crippen LogP contribution in [0.5, 0.6) is 0 Å². The van der Waals surface area contributed by atoms with Crippen molar-refractivity contribution in [2.24, 2.45) is 0 Å². The van der Waals surface area contributed by atoms with Gasteiger partial charge in [-0.25, -0.2) is 0 Å². The molecule has 100 valence electrons. The Labute approximate surface area is 105 Å². The number of hydrogen-bond donors (Lipinski definition) is 1. The van der Waals surface area contributed by atoms with Gasteiger partial charge in [0, 0.05) is 0 Å². The van der Waals surface area contributed by atoms with Gasteiger partial charge in [-0.3, -0.25) is 0 Å². The second kappa shape index (κ2) is 4.92. The zero-order valence-corrected chi connectivity index (χ0v) is 10.4. The molecule has 1 fully saturated rings. The van der Waals surface area contributed by atoms with Gasteiger partial charge in [0.1, 0.15) is 5.54 Å². The van der Waals surface area contributed by atoms with Gasteiger partial charge in [0.2, 0.25) is 0 Å². The van der Waals surface area contributed by atoms with E-state index in [1.807, 2.05) is 37.3 Å². The molecule has 0 amide bonds. The fourth-order valence-corrected chi connectivity index (χ4v) is 2.16. The molecule has 0 spiro atoms.